The fourth-order valence-corrected chi connectivity index (χ4v) is 1.03. The summed E-state index contributed by atoms with van der Waals surface area (Å²) < 4.78 is 40.8. The third-order valence-electron chi connectivity index (χ3n) is 1.57. The minimum Gasteiger partial charge on any atom is -0.465 e. The predicted octanol–water partition coefficient (Wildman–Crippen LogP) is 1.56. The van der Waals surface area contributed by atoms with Crippen molar-refractivity contribution in [3.8, 4) is 0 Å². The second kappa shape index (κ2) is 5.83. The number of hydrogen-bond donors (Lipinski definition) is 1. The second-order valence-corrected chi connectivity index (χ2v) is 2.96. The number of alkyl halides is 4. The Labute approximate surface area is 94.2 Å². The van der Waals surface area contributed by atoms with Gasteiger partial charge in [0.1, 0.15) is 5.71 Å². The van der Waals surface area contributed by atoms with Crippen LogP contribution in [0.25, 0.3) is 0 Å². The van der Waals surface area contributed by atoms with Crippen LogP contribution in [-0.4, -0.2) is 36.1 Å². The van der Waals surface area contributed by atoms with Gasteiger partial charge in [0.15, 0.2) is 11.7 Å². The van der Waals surface area contributed by atoms with Gasteiger partial charge in [0.2, 0.25) is 0 Å². The molecule has 0 saturated carbocycles. The van der Waals surface area contributed by atoms with Crippen molar-refractivity contribution in [1.82, 2.24) is 0 Å². The van der Waals surface area contributed by atoms with E-state index in [2.05, 4.69) is 4.74 Å². The van der Waals surface area contributed by atoms with Crippen LogP contribution >= 0.6 is 11.6 Å². The predicted molar refractivity (Wildman–Crippen MR) is 49.6 cm³/mol. The lowest BCUT2D eigenvalue weighted by atomic mass is 9.99. The molecule has 0 aliphatic carbocycles. The van der Waals surface area contributed by atoms with Gasteiger partial charge in [0.05, 0.1) is 12.5 Å². The Morgan fingerprint density at radius 2 is 1.94 bits per heavy atom. The fourth-order valence-electron chi connectivity index (χ4n) is 0.877. The van der Waals surface area contributed by atoms with Crippen LogP contribution in [-0.2, 0) is 14.3 Å². The lowest BCUT2D eigenvalue weighted by molar-refractivity contribution is -0.150. The molecule has 1 N–H and O–H groups in total. The topological polar surface area (TPSA) is 67.2 Å². The molecule has 8 heteroatoms. The van der Waals surface area contributed by atoms with Crippen molar-refractivity contribution in [2.24, 2.45) is 5.92 Å². The van der Waals surface area contributed by atoms with Gasteiger partial charge in [-0.1, -0.05) is 0 Å². The number of ketones is 1. The first-order valence-electron chi connectivity index (χ1n) is 4.16. The molecule has 0 aliphatic heterocycles. The summed E-state index contributed by atoms with van der Waals surface area (Å²) in [5, 5.41) is 6.73. The molecule has 0 heterocycles. The van der Waals surface area contributed by atoms with Crippen LogP contribution in [0.2, 0.25) is 0 Å². The van der Waals surface area contributed by atoms with Crippen LogP contribution in [0.3, 0.4) is 0 Å². The Balaban J connectivity index is 5.03. The molecule has 0 rings (SSSR count). The summed E-state index contributed by atoms with van der Waals surface area (Å²) in [6.07, 6.45) is -5.06. The summed E-state index contributed by atoms with van der Waals surface area (Å²) >= 11 is 5.06. The molecule has 4 nitrogen and oxygen atoms in total. The van der Waals surface area contributed by atoms with Crippen LogP contribution in [0, 0.1) is 11.3 Å². The lowest BCUT2D eigenvalue weighted by Crippen LogP contribution is -2.41. The Hall–Kier alpha value is -1.11. The number of hydrogen-bond acceptors (Lipinski definition) is 4. The molecule has 0 fully saturated rings. The minimum atomic E-state index is -5.06. The van der Waals surface area contributed by atoms with Gasteiger partial charge in [-0.2, -0.15) is 13.2 Å². The zero-order valence-corrected chi connectivity index (χ0v) is 8.98. The lowest BCUT2D eigenvalue weighted by Gasteiger charge is -2.16. The minimum absolute atomic E-state index is 0.184. The summed E-state index contributed by atoms with van der Waals surface area (Å²) in [4.78, 5) is 22.1. The highest BCUT2D eigenvalue weighted by Gasteiger charge is 2.46. The van der Waals surface area contributed by atoms with E-state index in [0.29, 0.717) is 0 Å². The molecule has 0 aromatic heterocycles. The van der Waals surface area contributed by atoms with Gasteiger partial charge in [0, 0.05) is 0 Å². The third-order valence-corrected chi connectivity index (χ3v) is 1.83. The quantitative estimate of drug-likeness (QED) is 0.353. The number of ether oxygens (including phenoxy) is 1. The van der Waals surface area contributed by atoms with Crippen LogP contribution in [0.5, 0.6) is 0 Å². The van der Waals surface area contributed by atoms with E-state index in [-0.39, 0.29) is 6.61 Å². The molecule has 16 heavy (non-hydrogen) atoms. The van der Waals surface area contributed by atoms with E-state index < -0.39 is 35.4 Å². The van der Waals surface area contributed by atoms with Gasteiger partial charge < -0.3 is 4.74 Å². The number of carbonyl (C=O) groups is 2. The van der Waals surface area contributed by atoms with Crippen LogP contribution in [0.4, 0.5) is 13.2 Å². The number of Topliss-reactive ketones (excluding diaryl/α,β-unsaturated/α-hetero) is 1. The fraction of sp³-hybridized carbons (Fsp3) is 0.625. The van der Waals surface area contributed by atoms with Crippen LogP contribution in [0.1, 0.15) is 6.92 Å². The van der Waals surface area contributed by atoms with Crippen molar-refractivity contribution in [2.75, 3.05) is 12.5 Å². The summed E-state index contributed by atoms with van der Waals surface area (Å²) in [6, 6.07) is 0. The molecule has 0 spiro atoms. The Morgan fingerprint density at radius 1 is 1.44 bits per heavy atom. The first-order valence-corrected chi connectivity index (χ1v) is 4.70. The molecule has 0 amide bonds. The van der Waals surface area contributed by atoms with Gasteiger partial charge in [-0.3, -0.25) is 15.0 Å². The number of carbonyl (C=O) groups excluding carboxylic acids is 2. The number of esters is 1. The number of halogens is 4. The smallest absolute Gasteiger partial charge is 0.430 e. The van der Waals surface area contributed by atoms with Gasteiger partial charge in [-0.05, 0) is 6.92 Å². The molecule has 0 aliphatic rings. The van der Waals surface area contributed by atoms with E-state index in [4.69, 9.17) is 17.0 Å². The average molecular weight is 260 g/mol. The first-order chi connectivity index (χ1) is 7.25. The second-order valence-electron chi connectivity index (χ2n) is 2.70. The van der Waals surface area contributed by atoms with Gasteiger partial charge in [-0.15, -0.1) is 11.6 Å². The largest absolute Gasteiger partial charge is 0.465 e. The zero-order chi connectivity index (χ0) is 12.9. The highest BCUT2D eigenvalue weighted by molar-refractivity contribution is 6.33. The molecule has 0 bridgehead atoms. The first kappa shape index (κ1) is 14.9. The molecule has 0 aromatic rings. The van der Waals surface area contributed by atoms with Crippen LogP contribution < -0.4 is 0 Å². The maximum atomic E-state index is 12.2. The molecular formula is C8H9ClF3NO3. The average Bonchev–Trinajstić information content (AvgIpc) is 2.16. The van der Waals surface area contributed by atoms with Crippen molar-refractivity contribution < 1.29 is 27.5 Å². The summed E-state index contributed by atoms with van der Waals surface area (Å²) in [7, 11) is 0. The maximum absolute atomic E-state index is 12.2. The van der Waals surface area contributed by atoms with Crippen molar-refractivity contribution in [3.05, 3.63) is 0 Å². The molecule has 1 atom stereocenters. The van der Waals surface area contributed by atoms with E-state index in [0.717, 1.165) is 0 Å². The van der Waals surface area contributed by atoms with Crippen molar-refractivity contribution in [1.29, 1.82) is 5.41 Å². The van der Waals surface area contributed by atoms with E-state index in [9.17, 15) is 22.8 Å². The Kier molecular flexibility index (Phi) is 5.43. The molecule has 92 valence electrons. The zero-order valence-electron chi connectivity index (χ0n) is 8.23. The van der Waals surface area contributed by atoms with Gasteiger partial charge >= 0.3 is 12.1 Å². The highest BCUT2D eigenvalue weighted by atomic mass is 35.5. The van der Waals surface area contributed by atoms with Crippen molar-refractivity contribution >= 4 is 29.1 Å². The number of rotatable bonds is 5. The summed E-state index contributed by atoms with van der Waals surface area (Å²) in [6.45, 7) is 1.19. The van der Waals surface area contributed by atoms with Gasteiger partial charge in [0.25, 0.3) is 0 Å². The van der Waals surface area contributed by atoms with Crippen LogP contribution in [0.15, 0.2) is 0 Å². The Bertz CT molecular complexity index is 303. The monoisotopic (exact) mass is 259 g/mol. The summed E-state index contributed by atoms with van der Waals surface area (Å²) in [5.41, 5.74) is -1.96. The molecule has 0 saturated heterocycles. The highest BCUT2D eigenvalue weighted by Crippen LogP contribution is 2.23. The molecular weight excluding hydrogens is 251 g/mol. The van der Waals surface area contributed by atoms with E-state index in [1.54, 1.807) is 0 Å². The molecule has 0 unspecified atom stereocenters. The number of nitrogens with one attached hydrogen (secondary N) is 1. The summed E-state index contributed by atoms with van der Waals surface area (Å²) in [5.74, 6) is -5.70. The van der Waals surface area contributed by atoms with Gasteiger partial charge in [-0.25, -0.2) is 0 Å². The standard InChI is InChI=1S/C8H9ClF3NO3/c1-2-16-7(15)5(4(14)3-9)6(13)8(10,11)12/h5,13H,2-3H2,1H3/t5-/m1/s1. The Morgan fingerprint density at radius 3 is 2.25 bits per heavy atom. The third kappa shape index (κ3) is 3.80. The van der Waals surface area contributed by atoms with E-state index in [1.165, 1.54) is 6.92 Å². The van der Waals surface area contributed by atoms with Crippen molar-refractivity contribution in [3.63, 3.8) is 0 Å². The van der Waals surface area contributed by atoms with E-state index >= 15 is 0 Å². The molecule has 0 aromatic carbocycles. The van der Waals surface area contributed by atoms with Crippen molar-refractivity contribution in [2.45, 2.75) is 13.1 Å². The molecule has 0 radical (unpaired) electrons. The van der Waals surface area contributed by atoms with E-state index in [1.807, 2.05) is 0 Å². The normalized spacial score (nSPS) is 13.1. The maximum Gasteiger partial charge on any atom is 0.430 e. The SMILES string of the molecule is CCOC(=O)[C@@H](C(=N)C(F)(F)F)C(=O)CCl.